The molecule has 9 aromatic carbocycles. The fraction of sp³-hybridized carbons (Fsp3) is 0.0385. The highest BCUT2D eigenvalue weighted by molar-refractivity contribution is 6.26. The van der Waals surface area contributed by atoms with Crippen LogP contribution < -0.4 is 4.90 Å². The number of fused-ring (bicyclic) bond motifs is 6. The van der Waals surface area contributed by atoms with Crippen molar-refractivity contribution in [2.75, 3.05) is 4.90 Å². The topological polar surface area (TPSA) is 3.24 Å². The second-order valence-corrected chi connectivity index (χ2v) is 14.2. The molecule has 1 aliphatic carbocycles. The predicted octanol–water partition coefficient (Wildman–Crippen LogP) is 14.7. The molecule has 1 heteroatoms. The molecule has 0 N–H and O–H groups in total. The normalized spacial score (nSPS) is 11.6. The molecule has 0 bridgehead atoms. The molecular weight excluding hydrogens is 639 g/mol. The van der Waals surface area contributed by atoms with Crippen LogP contribution in [0.25, 0.3) is 77.2 Å². The van der Waals surface area contributed by atoms with Crippen molar-refractivity contribution in [3.05, 3.63) is 199 Å². The Labute approximate surface area is 311 Å². The summed E-state index contributed by atoms with van der Waals surface area (Å²) in [5.74, 6) is 0. The van der Waals surface area contributed by atoms with Gasteiger partial charge in [0.15, 0.2) is 0 Å². The first-order chi connectivity index (χ1) is 26.1. The molecule has 250 valence electrons. The zero-order valence-corrected chi connectivity index (χ0v) is 29.8. The number of hydrogen-bond acceptors (Lipinski definition) is 1. The molecule has 0 amide bonds. The van der Waals surface area contributed by atoms with E-state index in [0.717, 1.165) is 5.69 Å². The van der Waals surface area contributed by atoms with E-state index in [1.54, 1.807) is 0 Å². The quantitative estimate of drug-likeness (QED) is 0.170. The average molecular weight is 676 g/mol. The Kier molecular flexibility index (Phi) is 7.33. The van der Waals surface area contributed by atoms with Crippen molar-refractivity contribution in [1.29, 1.82) is 0 Å². The van der Waals surface area contributed by atoms with Gasteiger partial charge in [-0.05, 0) is 139 Å². The Morgan fingerprint density at radius 1 is 0.321 bits per heavy atom. The van der Waals surface area contributed by atoms with E-state index in [1.165, 1.54) is 99.7 Å². The van der Waals surface area contributed by atoms with Crippen molar-refractivity contribution < 1.29 is 0 Å². The lowest BCUT2D eigenvalue weighted by Crippen LogP contribution is -2.13. The number of para-hydroxylation sites is 1. The highest BCUT2D eigenvalue weighted by Gasteiger charge is 2.32. The maximum absolute atomic E-state index is 2.44. The van der Waals surface area contributed by atoms with E-state index in [2.05, 4.69) is 207 Å². The van der Waals surface area contributed by atoms with Gasteiger partial charge in [-0.2, -0.15) is 0 Å². The molecule has 0 saturated heterocycles. The molecule has 0 fully saturated rings. The summed E-state index contributed by atoms with van der Waals surface area (Å²) in [6.07, 6.45) is 0. The molecule has 0 spiro atoms. The Bertz CT molecular complexity index is 2830. The van der Waals surface area contributed by atoms with Gasteiger partial charge in [-0.3, -0.25) is 0 Å². The zero-order valence-electron chi connectivity index (χ0n) is 29.8. The molecule has 0 radical (unpaired) electrons. The summed E-state index contributed by atoms with van der Waals surface area (Å²) in [6.45, 7) is 4.43. The third-order valence-corrected chi connectivity index (χ3v) is 11.0. The molecule has 9 aromatic rings. The molecule has 0 aromatic heterocycles. The molecule has 0 atom stereocenters. The fourth-order valence-corrected chi connectivity index (χ4v) is 8.44. The van der Waals surface area contributed by atoms with E-state index in [1.807, 2.05) is 0 Å². The van der Waals surface area contributed by atoms with Crippen molar-refractivity contribution >= 4 is 38.6 Å². The van der Waals surface area contributed by atoms with Crippen molar-refractivity contribution in [3.63, 3.8) is 0 Å². The van der Waals surface area contributed by atoms with Gasteiger partial charge in [0.25, 0.3) is 0 Å². The van der Waals surface area contributed by atoms with E-state index in [4.69, 9.17) is 0 Å². The minimum absolute atomic E-state index is 1.14. The van der Waals surface area contributed by atoms with Crippen LogP contribution in [0.5, 0.6) is 0 Å². The Morgan fingerprint density at radius 2 is 0.830 bits per heavy atom. The lowest BCUT2D eigenvalue weighted by atomic mass is 9.70. The average Bonchev–Trinajstić information content (AvgIpc) is 3.21. The van der Waals surface area contributed by atoms with E-state index in [-0.39, 0.29) is 0 Å². The Balaban J connectivity index is 1.20. The minimum Gasteiger partial charge on any atom is -0.310 e. The van der Waals surface area contributed by atoms with Crippen molar-refractivity contribution in [1.82, 2.24) is 0 Å². The summed E-state index contributed by atoms with van der Waals surface area (Å²) in [4.78, 5) is 2.44. The predicted molar refractivity (Wildman–Crippen MR) is 226 cm³/mol. The molecule has 0 heterocycles. The summed E-state index contributed by atoms with van der Waals surface area (Å²) in [6, 6.07) is 68.9. The number of aryl methyl sites for hydroxylation is 2. The van der Waals surface area contributed by atoms with Crippen LogP contribution in [-0.2, 0) is 0 Å². The Morgan fingerprint density at radius 3 is 1.43 bits per heavy atom. The maximum Gasteiger partial charge on any atom is 0.0497 e. The second-order valence-electron chi connectivity index (χ2n) is 14.2. The van der Waals surface area contributed by atoms with Gasteiger partial charge in [-0.15, -0.1) is 0 Å². The number of benzene rings is 9. The van der Waals surface area contributed by atoms with Crippen LogP contribution in [-0.4, -0.2) is 0 Å². The van der Waals surface area contributed by atoms with Gasteiger partial charge in [-0.25, -0.2) is 0 Å². The molecular formula is C52H37N. The van der Waals surface area contributed by atoms with E-state index in [9.17, 15) is 0 Å². The van der Waals surface area contributed by atoms with Gasteiger partial charge in [0.2, 0.25) is 0 Å². The van der Waals surface area contributed by atoms with Crippen LogP contribution >= 0.6 is 0 Å². The Hall–Kier alpha value is -6.70. The van der Waals surface area contributed by atoms with E-state index >= 15 is 0 Å². The number of rotatable bonds is 6. The van der Waals surface area contributed by atoms with Crippen LogP contribution in [0, 0.1) is 13.8 Å². The lowest BCUT2D eigenvalue weighted by molar-refractivity contribution is 1.23. The summed E-state index contributed by atoms with van der Waals surface area (Å²) in [5, 5.41) is 5.05. The smallest absolute Gasteiger partial charge is 0.0497 e. The largest absolute Gasteiger partial charge is 0.310 e. The van der Waals surface area contributed by atoms with Crippen molar-refractivity contribution in [3.8, 4) is 55.6 Å². The van der Waals surface area contributed by atoms with Gasteiger partial charge in [-0.1, -0.05) is 152 Å². The summed E-state index contributed by atoms with van der Waals surface area (Å²) >= 11 is 0. The first-order valence-electron chi connectivity index (χ1n) is 18.4. The van der Waals surface area contributed by atoms with Gasteiger partial charge in [0, 0.05) is 17.1 Å². The molecule has 1 aliphatic rings. The third kappa shape index (κ3) is 5.08. The molecule has 53 heavy (non-hydrogen) atoms. The molecule has 0 aliphatic heterocycles. The first kappa shape index (κ1) is 31.1. The van der Waals surface area contributed by atoms with E-state index < -0.39 is 0 Å². The second kappa shape index (κ2) is 12.5. The van der Waals surface area contributed by atoms with Gasteiger partial charge < -0.3 is 4.90 Å². The van der Waals surface area contributed by atoms with Gasteiger partial charge in [0.1, 0.15) is 0 Å². The standard InChI is InChI=1S/C52H37N/c1-34-16-12-15-25-47(34)53(48-33-40(27-26-35(48)2)36-17-6-3-7-18-36)42-29-28-39-31-45-46(32-41(39)30-42)52-50(38-21-10-5-11-22-38)44-24-14-13-23-43(44)49(51(45)52)37-19-8-4-9-20-37/h3-33H,1-2H3. The van der Waals surface area contributed by atoms with Crippen LogP contribution in [0.1, 0.15) is 11.1 Å². The number of hydrogen-bond donors (Lipinski definition) is 0. The molecule has 1 nitrogen and oxygen atoms in total. The minimum atomic E-state index is 1.14. The number of anilines is 3. The van der Waals surface area contributed by atoms with Crippen LogP contribution in [0.15, 0.2) is 188 Å². The maximum atomic E-state index is 2.44. The fourth-order valence-electron chi connectivity index (χ4n) is 8.44. The highest BCUT2D eigenvalue weighted by Crippen LogP contribution is 2.60. The highest BCUT2D eigenvalue weighted by atomic mass is 15.1. The molecule has 10 rings (SSSR count). The summed E-state index contributed by atoms with van der Waals surface area (Å²) in [7, 11) is 0. The third-order valence-electron chi connectivity index (χ3n) is 11.0. The number of nitrogens with zero attached hydrogens (tertiary/aromatic N) is 1. The van der Waals surface area contributed by atoms with Gasteiger partial charge in [0.05, 0.1) is 0 Å². The summed E-state index contributed by atoms with van der Waals surface area (Å²) < 4.78 is 0. The zero-order chi connectivity index (χ0) is 35.5. The molecule has 0 unspecified atom stereocenters. The monoisotopic (exact) mass is 675 g/mol. The molecule has 0 saturated carbocycles. The van der Waals surface area contributed by atoms with Crippen LogP contribution in [0.2, 0.25) is 0 Å². The van der Waals surface area contributed by atoms with E-state index in [0.29, 0.717) is 0 Å². The van der Waals surface area contributed by atoms with Crippen LogP contribution in [0.4, 0.5) is 17.1 Å². The van der Waals surface area contributed by atoms with Crippen molar-refractivity contribution in [2.45, 2.75) is 13.8 Å². The van der Waals surface area contributed by atoms with Gasteiger partial charge >= 0.3 is 0 Å². The SMILES string of the molecule is Cc1ccccc1N(c1ccc2cc3c(cc2c1)-c1c-3c(-c2ccccc2)c2ccccc2c1-c1ccccc1)c1cc(-c2ccccc2)ccc1C. The first-order valence-corrected chi connectivity index (χ1v) is 18.4. The summed E-state index contributed by atoms with van der Waals surface area (Å²) in [5.41, 5.74) is 18.9. The lowest BCUT2D eigenvalue weighted by Gasteiger charge is -2.33. The van der Waals surface area contributed by atoms with Crippen LogP contribution in [0.3, 0.4) is 0 Å². The van der Waals surface area contributed by atoms with Crippen molar-refractivity contribution in [2.24, 2.45) is 0 Å².